The molecule has 140 valence electrons. The van der Waals surface area contributed by atoms with Crippen LogP contribution in [0.1, 0.15) is 12.5 Å². The van der Waals surface area contributed by atoms with E-state index < -0.39 is 0 Å². The highest BCUT2D eigenvalue weighted by molar-refractivity contribution is 7.99. The van der Waals surface area contributed by atoms with E-state index in [1.165, 1.54) is 11.8 Å². The van der Waals surface area contributed by atoms with Gasteiger partial charge in [0.05, 0.1) is 22.5 Å². The topological polar surface area (TPSA) is 59.3 Å². The minimum absolute atomic E-state index is 0.156. The molecule has 0 spiro atoms. The average molecular weight is 388 g/mol. The Kier molecular flexibility index (Phi) is 5.12. The summed E-state index contributed by atoms with van der Waals surface area (Å²) >= 11 is 1.40. The van der Waals surface area contributed by atoms with E-state index in [2.05, 4.69) is 33.7 Å². The number of rotatable bonds is 5. The normalized spacial score (nSPS) is 11.9. The Bertz CT molecular complexity index is 1190. The van der Waals surface area contributed by atoms with Gasteiger partial charge in [-0.1, -0.05) is 66.4 Å². The van der Waals surface area contributed by atoms with Crippen molar-refractivity contribution in [2.45, 2.75) is 12.1 Å². The Morgan fingerprint density at radius 3 is 2.68 bits per heavy atom. The summed E-state index contributed by atoms with van der Waals surface area (Å²) in [6, 6.07) is 22.2. The van der Waals surface area contributed by atoms with Crippen molar-refractivity contribution in [1.29, 1.82) is 0 Å². The molecule has 5 nitrogen and oxygen atoms in total. The van der Waals surface area contributed by atoms with Crippen LogP contribution >= 0.6 is 11.8 Å². The van der Waals surface area contributed by atoms with Crippen LogP contribution in [-0.4, -0.2) is 26.9 Å². The number of imidazole rings is 1. The number of carbonyl (C=O) groups is 1. The van der Waals surface area contributed by atoms with Crippen molar-refractivity contribution in [1.82, 2.24) is 15.0 Å². The molecule has 28 heavy (non-hydrogen) atoms. The van der Waals surface area contributed by atoms with Gasteiger partial charge in [-0.15, -0.1) is 0 Å². The maximum atomic E-state index is 12.3. The Labute approximate surface area is 167 Å². The molecule has 0 unspecified atom stereocenters. The number of aryl methyl sites for hydroxylation is 1. The van der Waals surface area contributed by atoms with Crippen molar-refractivity contribution in [2.75, 3.05) is 5.75 Å². The smallest absolute Gasteiger partial charge is 0.250 e. The number of hydrogen-bond donors (Lipinski definition) is 1. The van der Waals surface area contributed by atoms with Crippen LogP contribution in [0.15, 0.2) is 77.0 Å². The number of nitrogens with zero attached hydrogens (tertiary/aromatic N) is 3. The van der Waals surface area contributed by atoms with E-state index in [1.807, 2.05) is 67.1 Å². The summed E-state index contributed by atoms with van der Waals surface area (Å²) in [7, 11) is 1.96. The summed E-state index contributed by atoms with van der Waals surface area (Å²) < 4.78 is 2.00. The minimum atomic E-state index is -0.156. The third-order valence-electron chi connectivity index (χ3n) is 4.61. The molecule has 0 saturated carbocycles. The van der Waals surface area contributed by atoms with E-state index in [4.69, 9.17) is 0 Å². The zero-order valence-corrected chi connectivity index (χ0v) is 16.5. The molecule has 0 aliphatic heterocycles. The van der Waals surface area contributed by atoms with Gasteiger partial charge in [0.25, 0.3) is 5.91 Å². The van der Waals surface area contributed by atoms with Crippen molar-refractivity contribution in [2.24, 2.45) is 12.1 Å². The zero-order valence-electron chi connectivity index (χ0n) is 15.7. The monoisotopic (exact) mass is 388 g/mol. The lowest BCUT2D eigenvalue weighted by Crippen LogP contribution is -2.21. The molecule has 6 heteroatoms. The van der Waals surface area contributed by atoms with Crippen LogP contribution in [0.3, 0.4) is 0 Å². The molecule has 0 radical (unpaired) electrons. The Morgan fingerprint density at radius 2 is 1.82 bits per heavy atom. The largest absolute Gasteiger partial charge is 0.322 e. The lowest BCUT2D eigenvalue weighted by Gasteiger charge is -2.07. The number of fused-ring (bicyclic) bond motifs is 2. The number of thioether (sulfide) groups is 1. The molecule has 0 fully saturated rings. The summed E-state index contributed by atoms with van der Waals surface area (Å²) in [5.41, 5.74) is 6.43. The summed E-state index contributed by atoms with van der Waals surface area (Å²) in [6.07, 6.45) is 0. The number of aromatic nitrogens is 2. The highest BCUT2D eigenvalue weighted by Gasteiger charge is 2.10. The first kappa shape index (κ1) is 18.3. The van der Waals surface area contributed by atoms with Gasteiger partial charge in [-0.25, -0.2) is 10.4 Å². The number of para-hydroxylation sites is 2. The Morgan fingerprint density at radius 1 is 1.07 bits per heavy atom. The molecule has 4 aromatic rings. The van der Waals surface area contributed by atoms with Crippen LogP contribution in [0.25, 0.3) is 21.8 Å². The van der Waals surface area contributed by atoms with E-state index in [0.717, 1.165) is 38.2 Å². The second kappa shape index (κ2) is 7.86. The Hall–Kier alpha value is -3.12. The summed E-state index contributed by atoms with van der Waals surface area (Å²) in [5, 5.41) is 7.38. The predicted molar refractivity (Wildman–Crippen MR) is 116 cm³/mol. The maximum absolute atomic E-state index is 12.3. The molecule has 0 saturated heterocycles. The van der Waals surface area contributed by atoms with Gasteiger partial charge in [-0.2, -0.15) is 5.10 Å². The lowest BCUT2D eigenvalue weighted by atomic mass is 10.0. The quantitative estimate of drug-likeness (QED) is 0.314. The van der Waals surface area contributed by atoms with Gasteiger partial charge in [0.15, 0.2) is 5.16 Å². The van der Waals surface area contributed by atoms with Gasteiger partial charge < -0.3 is 4.57 Å². The minimum Gasteiger partial charge on any atom is -0.322 e. The first-order valence-corrected chi connectivity index (χ1v) is 9.97. The van der Waals surface area contributed by atoms with Gasteiger partial charge in [0.2, 0.25) is 0 Å². The van der Waals surface area contributed by atoms with Crippen LogP contribution in [-0.2, 0) is 11.8 Å². The molecule has 1 aromatic heterocycles. The summed E-state index contributed by atoms with van der Waals surface area (Å²) in [5.74, 6) is 0.0976. The first-order valence-electron chi connectivity index (χ1n) is 8.99. The highest BCUT2D eigenvalue weighted by atomic mass is 32.2. The maximum Gasteiger partial charge on any atom is 0.250 e. The molecule has 0 atom stereocenters. The molecule has 4 rings (SSSR count). The molecule has 1 amide bonds. The van der Waals surface area contributed by atoms with Crippen molar-refractivity contribution in [3.63, 3.8) is 0 Å². The zero-order chi connectivity index (χ0) is 19.5. The third kappa shape index (κ3) is 3.64. The molecule has 1 N–H and O–H groups in total. The number of nitrogens with one attached hydrogen (secondary N) is 1. The van der Waals surface area contributed by atoms with Crippen molar-refractivity contribution >= 4 is 45.2 Å². The fourth-order valence-electron chi connectivity index (χ4n) is 3.16. The van der Waals surface area contributed by atoms with Crippen LogP contribution in [0.2, 0.25) is 0 Å². The summed E-state index contributed by atoms with van der Waals surface area (Å²) in [6.45, 7) is 1.90. The molecule has 0 bridgehead atoms. The van der Waals surface area contributed by atoms with Gasteiger partial charge in [0.1, 0.15) is 0 Å². The van der Waals surface area contributed by atoms with Crippen LogP contribution in [0, 0.1) is 0 Å². The van der Waals surface area contributed by atoms with E-state index in [1.54, 1.807) is 0 Å². The molecular formula is C22H20N4OS. The molecule has 1 heterocycles. The number of amides is 1. The van der Waals surface area contributed by atoms with Gasteiger partial charge in [-0.05, 0) is 29.8 Å². The van der Waals surface area contributed by atoms with Gasteiger partial charge in [0, 0.05) is 12.6 Å². The number of hydrazone groups is 1. The highest BCUT2D eigenvalue weighted by Crippen LogP contribution is 2.22. The van der Waals surface area contributed by atoms with E-state index >= 15 is 0 Å². The van der Waals surface area contributed by atoms with Crippen molar-refractivity contribution in [3.05, 3.63) is 72.3 Å². The third-order valence-corrected chi connectivity index (χ3v) is 5.64. The van der Waals surface area contributed by atoms with E-state index in [0.29, 0.717) is 0 Å². The van der Waals surface area contributed by atoms with Crippen LogP contribution < -0.4 is 5.43 Å². The van der Waals surface area contributed by atoms with Gasteiger partial charge >= 0.3 is 0 Å². The molecular weight excluding hydrogens is 368 g/mol. The second-order valence-corrected chi connectivity index (χ2v) is 7.43. The SMILES string of the molecule is C/C(=N\NC(=O)CSc1nc2ccccc2n1C)c1cccc2ccccc12. The standard InChI is InChI=1S/C22H20N4OS/c1-15(17-11-7-9-16-8-3-4-10-18(16)17)24-25-21(27)14-28-22-23-19-12-5-6-13-20(19)26(22)2/h3-13H,14H2,1-2H3,(H,25,27)/b24-15+. The molecule has 0 aliphatic rings. The predicted octanol–water partition coefficient (Wildman–Crippen LogP) is 4.36. The van der Waals surface area contributed by atoms with Crippen LogP contribution in [0.4, 0.5) is 0 Å². The van der Waals surface area contributed by atoms with Crippen LogP contribution in [0.5, 0.6) is 0 Å². The number of benzene rings is 3. The fraction of sp³-hybridized carbons (Fsp3) is 0.136. The average Bonchev–Trinajstić information content (AvgIpc) is 3.06. The second-order valence-electron chi connectivity index (χ2n) is 6.49. The number of carbonyl (C=O) groups excluding carboxylic acids is 1. The summed E-state index contributed by atoms with van der Waals surface area (Å²) in [4.78, 5) is 16.8. The molecule has 3 aromatic carbocycles. The Balaban J connectivity index is 1.44. The van der Waals surface area contributed by atoms with Gasteiger partial charge in [-0.3, -0.25) is 4.79 Å². The number of hydrogen-bond acceptors (Lipinski definition) is 4. The lowest BCUT2D eigenvalue weighted by molar-refractivity contribution is -0.118. The molecule has 0 aliphatic carbocycles. The van der Waals surface area contributed by atoms with E-state index in [9.17, 15) is 4.79 Å². The van der Waals surface area contributed by atoms with Crippen molar-refractivity contribution in [3.8, 4) is 0 Å². The first-order chi connectivity index (χ1) is 13.6. The van der Waals surface area contributed by atoms with Crippen molar-refractivity contribution < 1.29 is 4.79 Å². The fourth-order valence-corrected chi connectivity index (χ4v) is 3.94. The van der Waals surface area contributed by atoms with E-state index in [-0.39, 0.29) is 11.7 Å².